The fourth-order valence-corrected chi connectivity index (χ4v) is 9.70. The fourth-order valence-electron chi connectivity index (χ4n) is 9.70. The standard InChI is InChI=1S/C66H125NO8/c1-6-8-10-12-14-16-18-19-20-21-22-23-24-25-26-27-28-29-30-31-32-33-34-35-36-37-38-39-40-41-42-43-44-45-47-49-51-53-55-57-64(69)75-62(61-74-66(65(70)71)72-59-58-67(3,4)5)60-73-63(68)56-54-52-50-48-46-17-15-13-11-9-7-2/h18-19,21-22,62,66H,6-17,20,23-61H2,1-5H3/p+1/b19-18-,22-21-. The Kier molecular flexibility index (Phi) is 56.2. The Morgan fingerprint density at radius 3 is 1.05 bits per heavy atom. The van der Waals surface area contributed by atoms with Crippen molar-refractivity contribution >= 4 is 17.9 Å². The Labute approximate surface area is 465 Å². The van der Waals surface area contributed by atoms with Gasteiger partial charge in [-0.1, -0.05) is 289 Å². The molecule has 442 valence electrons. The summed E-state index contributed by atoms with van der Waals surface area (Å²) in [6, 6.07) is 0. The summed E-state index contributed by atoms with van der Waals surface area (Å²) >= 11 is 0. The van der Waals surface area contributed by atoms with Crippen molar-refractivity contribution in [2.75, 3.05) is 47.5 Å². The van der Waals surface area contributed by atoms with Gasteiger partial charge in [-0.2, -0.15) is 0 Å². The van der Waals surface area contributed by atoms with E-state index >= 15 is 0 Å². The van der Waals surface area contributed by atoms with Gasteiger partial charge in [0.05, 0.1) is 34.4 Å². The average Bonchev–Trinajstić information content (AvgIpc) is 3.38. The highest BCUT2D eigenvalue weighted by atomic mass is 16.7. The number of nitrogens with zero attached hydrogens (tertiary/aromatic N) is 1. The lowest BCUT2D eigenvalue weighted by atomic mass is 10.0. The van der Waals surface area contributed by atoms with Crippen LogP contribution >= 0.6 is 0 Å². The Hall–Kier alpha value is -2.23. The van der Waals surface area contributed by atoms with Crippen LogP contribution in [-0.2, 0) is 33.3 Å². The Balaban J connectivity index is 3.87. The molecule has 0 saturated carbocycles. The van der Waals surface area contributed by atoms with Crippen molar-refractivity contribution in [3.63, 3.8) is 0 Å². The molecule has 0 amide bonds. The quantitative estimate of drug-likeness (QED) is 0.0211. The number of carboxylic acids is 1. The number of esters is 2. The summed E-state index contributed by atoms with van der Waals surface area (Å²) in [4.78, 5) is 37.3. The van der Waals surface area contributed by atoms with E-state index in [4.69, 9.17) is 18.9 Å². The molecule has 0 aromatic carbocycles. The Morgan fingerprint density at radius 2 is 0.720 bits per heavy atom. The SMILES string of the molecule is CCCCCCC/C=C\C/C=C\CCCCCCCCCCCCCCCCCCCCCCCCCCCCCC(=O)OC(COC(=O)CCCCCCCCCCCCC)COC(OCC[N+](C)(C)C)C(=O)O. The second kappa shape index (κ2) is 57.9. The van der Waals surface area contributed by atoms with Crippen LogP contribution in [0.25, 0.3) is 0 Å². The monoisotopic (exact) mass is 1060 g/mol. The summed E-state index contributed by atoms with van der Waals surface area (Å²) in [6.07, 6.45) is 67.4. The highest BCUT2D eigenvalue weighted by molar-refractivity contribution is 5.71. The molecule has 0 radical (unpaired) electrons. The van der Waals surface area contributed by atoms with Gasteiger partial charge in [-0.25, -0.2) is 4.79 Å². The number of unbranched alkanes of at least 4 members (excludes halogenated alkanes) is 42. The highest BCUT2D eigenvalue weighted by Crippen LogP contribution is 2.18. The smallest absolute Gasteiger partial charge is 0.361 e. The third-order valence-corrected chi connectivity index (χ3v) is 14.7. The lowest BCUT2D eigenvalue weighted by molar-refractivity contribution is -0.870. The van der Waals surface area contributed by atoms with Crippen LogP contribution in [0.5, 0.6) is 0 Å². The molecule has 0 aliphatic carbocycles. The van der Waals surface area contributed by atoms with Crippen molar-refractivity contribution < 1.29 is 42.9 Å². The lowest BCUT2D eigenvalue weighted by Gasteiger charge is -2.25. The van der Waals surface area contributed by atoms with Crippen LogP contribution in [0.4, 0.5) is 0 Å². The van der Waals surface area contributed by atoms with E-state index in [1.165, 1.54) is 250 Å². The van der Waals surface area contributed by atoms with Gasteiger partial charge in [-0.05, 0) is 44.9 Å². The normalized spacial score (nSPS) is 12.8. The number of rotatable bonds is 61. The molecule has 0 rings (SSSR count). The molecule has 2 atom stereocenters. The summed E-state index contributed by atoms with van der Waals surface area (Å²) in [5, 5.41) is 9.69. The van der Waals surface area contributed by atoms with Gasteiger partial charge in [0.2, 0.25) is 0 Å². The van der Waals surface area contributed by atoms with Crippen LogP contribution in [0.2, 0.25) is 0 Å². The topological polar surface area (TPSA) is 108 Å². The van der Waals surface area contributed by atoms with Crippen molar-refractivity contribution in [3.05, 3.63) is 24.3 Å². The summed E-state index contributed by atoms with van der Waals surface area (Å²) in [5.41, 5.74) is 0. The molecule has 9 nitrogen and oxygen atoms in total. The molecule has 9 heteroatoms. The molecule has 0 saturated heterocycles. The van der Waals surface area contributed by atoms with E-state index in [-0.39, 0.29) is 38.2 Å². The maximum absolute atomic E-state index is 12.9. The predicted octanol–water partition coefficient (Wildman–Crippen LogP) is 19.5. The third kappa shape index (κ3) is 59.3. The number of aliphatic carboxylic acids is 1. The summed E-state index contributed by atoms with van der Waals surface area (Å²) in [5.74, 6) is -1.98. The predicted molar refractivity (Wildman–Crippen MR) is 318 cm³/mol. The van der Waals surface area contributed by atoms with E-state index in [1.54, 1.807) is 0 Å². The van der Waals surface area contributed by atoms with E-state index in [0.717, 1.165) is 44.9 Å². The van der Waals surface area contributed by atoms with E-state index in [2.05, 4.69) is 38.2 Å². The lowest BCUT2D eigenvalue weighted by Crippen LogP contribution is -2.40. The number of hydrogen-bond acceptors (Lipinski definition) is 7. The number of carbonyl (C=O) groups excluding carboxylic acids is 2. The van der Waals surface area contributed by atoms with Crippen molar-refractivity contribution in [3.8, 4) is 0 Å². The van der Waals surface area contributed by atoms with Crippen LogP contribution in [0, 0.1) is 0 Å². The molecule has 0 heterocycles. The van der Waals surface area contributed by atoms with Crippen molar-refractivity contribution in [2.45, 2.75) is 334 Å². The molecule has 2 unspecified atom stereocenters. The summed E-state index contributed by atoms with van der Waals surface area (Å²) in [6.45, 7) is 4.90. The number of ether oxygens (including phenoxy) is 4. The van der Waals surface area contributed by atoms with E-state index in [9.17, 15) is 19.5 Å². The van der Waals surface area contributed by atoms with Crippen molar-refractivity contribution in [1.82, 2.24) is 0 Å². The maximum Gasteiger partial charge on any atom is 0.361 e. The first-order valence-electron chi connectivity index (χ1n) is 32.5. The zero-order chi connectivity index (χ0) is 54.8. The van der Waals surface area contributed by atoms with Crippen molar-refractivity contribution in [2.24, 2.45) is 0 Å². The van der Waals surface area contributed by atoms with Gasteiger partial charge in [-0.3, -0.25) is 9.59 Å². The second-order valence-electron chi connectivity index (χ2n) is 23.4. The molecule has 1 N–H and O–H groups in total. The van der Waals surface area contributed by atoms with Crippen LogP contribution in [0.1, 0.15) is 322 Å². The third-order valence-electron chi connectivity index (χ3n) is 14.7. The van der Waals surface area contributed by atoms with Crippen LogP contribution in [0.15, 0.2) is 24.3 Å². The number of carbonyl (C=O) groups is 3. The molecule has 0 aliphatic rings. The molecule has 75 heavy (non-hydrogen) atoms. The number of allylic oxidation sites excluding steroid dienone is 4. The molecular weight excluding hydrogens is 935 g/mol. The zero-order valence-corrected chi connectivity index (χ0v) is 50.5. The van der Waals surface area contributed by atoms with Gasteiger partial charge < -0.3 is 28.5 Å². The van der Waals surface area contributed by atoms with Gasteiger partial charge in [0.15, 0.2) is 6.10 Å². The Morgan fingerprint density at radius 1 is 0.400 bits per heavy atom. The second-order valence-corrected chi connectivity index (χ2v) is 23.4. The minimum atomic E-state index is -1.50. The minimum absolute atomic E-state index is 0.175. The fraction of sp³-hybridized carbons (Fsp3) is 0.894. The number of hydrogen-bond donors (Lipinski definition) is 1. The number of likely N-dealkylation sites (N-methyl/N-ethyl adjacent to an activating group) is 1. The highest BCUT2D eigenvalue weighted by Gasteiger charge is 2.25. The maximum atomic E-state index is 12.9. The molecule has 0 aliphatic heterocycles. The average molecular weight is 1060 g/mol. The van der Waals surface area contributed by atoms with Crippen molar-refractivity contribution in [1.29, 1.82) is 0 Å². The van der Waals surface area contributed by atoms with Gasteiger partial charge >= 0.3 is 17.9 Å². The first-order chi connectivity index (χ1) is 36.6. The van der Waals surface area contributed by atoms with Gasteiger partial charge in [0.25, 0.3) is 6.29 Å². The van der Waals surface area contributed by atoms with E-state index in [1.807, 2.05) is 21.1 Å². The van der Waals surface area contributed by atoms with Gasteiger partial charge in [0.1, 0.15) is 13.2 Å². The van der Waals surface area contributed by atoms with Crippen LogP contribution < -0.4 is 0 Å². The minimum Gasteiger partial charge on any atom is -0.477 e. The van der Waals surface area contributed by atoms with E-state index in [0.29, 0.717) is 17.4 Å². The molecule has 0 aromatic heterocycles. The van der Waals surface area contributed by atoms with E-state index < -0.39 is 18.4 Å². The zero-order valence-electron chi connectivity index (χ0n) is 50.5. The molecule has 0 aromatic rings. The first-order valence-corrected chi connectivity index (χ1v) is 32.5. The van der Waals surface area contributed by atoms with Gasteiger partial charge in [0, 0.05) is 12.8 Å². The number of quaternary nitrogens is 1. The summed E-state index contributed by atoms with van der Waals surface area (Å²) < 4.78 is 22.9. The van der Waals surface area contributed by atoms with Crippen LogP contribution in [0.3, 0.4) is 0 Å². The molecule has 0 fully saturated rings. The molecule has 0 spiro atoms. The van der Waals surface area contributed by atoms with Crippen LogP contribution in [-0.4, -0.2) is 87.4 Å². The number of carboxylic acid groups (broad SMARTS) is 1. The largest absolute Gasteiger partial charge is 0.477 e. The van der Waals surface area contributed by atoms with Gasteiger partial charge in [-0.15, -0.1) is 0 Å². The first kappa shape index (κ1) is 72.8. The Bertz CT molecular complexity index is 1280. The molecular formula is C66H126NO8+. The summed E-state index contributed by atoms with van der Waals surface area (Å²) in [7, 11) is 5.98. The molecule has 0 bridgehead atoms.